The van der Waals surface area contributed by atoms with Crippen molar-refractivity contribution < 1.29 is 4.74 Å². The van der Waals surface area contributed by atoms with Crippen LogP contribution in [0.2, 0.25) is 0 Å². The minimum absolute atomic E-state index is 0.107. The third-order valence-corrected chi connectivity index (χ3v) is 2.49. The molecule has 0 saturated carbocycles. The van der Waals surface area contributed by atoms with Gasteiger partial charge in [-0.05, 0) is 55.2 Å². The van der Waals surface area contributed by atoms with Crippen LogP contribution < -0.4 is 4.74 Å². The summed E-state index contributed by atoms with van der Waals surface area (Å²) >= 11 is 0. The molecule has 0 unspecified atom stereocenters. The molecule has 1 aromatic rings. The molecule has 3 heteroatoms. The Labute approximate surface area is 108 Å². The highest BCUT2D eigenvalue weighted by atomic mass is 16.5. The molecule has 92 valence electrons. The largest absolute Gasteiger partial charge is 0.493 e. The minimum atomic E-state index is 0.107. The van der Waals surface area contributed by atoms with Gasteiger partial charge >= 0.3 is 0 Å². The summed E-state index contributed by atoms with van der Waals surface area (Å²) in [5.41, 5.74) is 3.00. The van der Waals surface area contributed by atoms with Gasteiger partial charge in [-0.1, -0.05) is 6.92 Å². The molecule has 0 fully saturated rings. The lowest BCUT2D eigenvalue weighted by Gasteiger charge is -2.12. The van der Waals surface area contributed by atoms with Gasteiger partial charge in [0.15, 0.2) is 0 Å². The van der Waals surface area contributed by atoms with Gasteiger partial charge in [-0.25, -0.2) is 0 Å². The van der Waals surface area contributed by atoms with Gasteiger partial charge in [0.25, 0.3) is 0 Å². The zero-order chi connectivity index (χ0) is 13.5. The van der Waals surface area contributed by atoms with E-state index in [9.17, 15) is 0 Å². The van der Waals surface area contributed by atoms with Gasteiger partial charge in [0, 0.05) is 0 Å². The average Bonchev–Trinajstić information content (AvgIpc) is 2.35. The highest BCUT2D eigenvalue weighted by molar-refractivity contribution is 5.64. The fourth-order valence-electron chi connectivity index (χ4n) is 1.76. The number of nitriles is 2. The zero-order valence-corrected chi connectivity index (χ0v) is 10.9. The molecule has 1 aromatic carbocycles. The number of allylic oxidation sites excluding steroid dienone is 1. The van der Waals surface area contributed by atoms with Gasteiger partial charge in [-0.3, -0.25) is 0 Å². The molecule has 18 heavy (non-hydrogen) atoms. The van der Waals surface area contributed by atoms with Crippen molar-refractivity contribution in [1.29, 1.82) is 10.5 Å². The highest BCUT2D eigenvalue weighted by Gasteiger charge is 2.06. The van der Waals surface area contributed by atoms with Crippen LogP contribution in [0.5, 0.6) is 5.75 Å². The molecule has 0 saturated heterocycles. The van der Waals surface area contributed by atoms with E-state index in [1.54, 1.807) is 6.08 Å². The molecular weight excluding hydrogens is 224 g/mol. The molecule has 0 spiro atoms. The fourth-order valence-corrected chi connectivity index (χ4v) is 1.76. The molecule has 0 radical (unpaired) electrons. The normalized spacial score (nSPS) is 9.17. The monoisotopic (exact) mass is 240 g/mol. The molecule has 0 aliphatic heterocycles. The average molecular weight is 240 g/mol. The number of rotatable bonds is 4. The van der Waals surface area contributed by atoms with Crippen LogP contribution in [0.25, 0.3) is 6.08 Å². The van der Waals surface area contributed by atoms with E-state index in [0.29, 0.717) is 6.61 Å². The lowest BCUT2D eigenvalue weighted by Crippen LogP contribution is -1.99. The quantitative estimate of drug-likeness (QED) is 0.756. The van der Waals surface area contributed by atoms with Gasteiger partial charge in [0.05, 0.1) is 6.61 Å². The first-order chi connectivity index (χ1) is 8.62. The van der Waals surface area contributed by atoms with Crippen LogP contribution in [0.15, 0.2) is 17.7 Å². The van der Waals surface area contributed by atoms with Crippen molar-refractivity contribution in [1.82, 2.24) is 0 Å². The Morgan fingerprint density at radius 3 is 2.22 bits per heavy atom. The first-order valence-corrected chi connectivity index (χ1v) is 5.88. The molecule has 0 bridgehead atoms. The van der Waals surface area contributed by atoms with Crippen molar-refractivity contribution in [2.75, 3.05) is 6.61 Å². The third-order valence-electron chi connectivity index (χ3n) is 2.49. The highest BCUT2D eigenvalue weighted by Crippen LogP contribution is 2.26. The van der Waals surface area contributed by atoms with E-state index >= 15 is 0 Å². The van der Waals surface area contributed by atoms with Crippen molar-refractivity contribution in [3.8, 4) is 17.9 Å². The van der Waals surface area contributed by atoms with Crippen LogP contribution in [-0.4, -0.2) is 6.61 Å². The number of aryl methyl sites for hydroxylation is 2. The standard InChI is InChI=1S/C15H16N2O/c1-4-5-18-15-11(2)6-13(7-12(15)3)8-14(9-16)10-17/h6-8H,4-5H2,1-3H3. The molecule has 0 aromatic heterocycles. The fraction of sp³-hybridized carbons (Fsp3) is 0.333. The predicted octanol–water partition coefficient (Wildman–Crippen LogP) is 3.52. The van der Waals surface area contributed by atoms with E-state index in [2.05, 4.69) is 6.92 Å². The molecule has 0 aliphatic rings. The van der Waals surface area contributed by atoms with Crippen molar-refractivity contribution in [2.24, 2.45) is 0 Å². The van der Waals surface area contributed by atoms with Crippen LogP contribution in [-0.2, 0) is 0 Å². The lowest BCUT2D eigenvalue weighted by molar-refractivity contribution is 0.313. The van der Waals surface area contributed by atoms with Gasteiger partial charge in [0.2, 0.25) is 0 Å². The van der Waals surface area contributed by atoms with Crippen LogP contribution in [0.1, 0.15) is 30.0 Å². The van der Waals surface area contributed by atoms with Crippen LogP contribution >= 0.6 is 0 Å². The maximum atomic E-state index is 8.73. The summed E-state index contributed by atoms with van der Waals surface area (Å²) in [6.45, 7) is 6.69. The van der Waals surface area contributed by atoms with Gasteiger partial charge in [0.1, 0.15) is 23.5 Å². The number of benzene rings is 1. The minimum Gasteiger partial charge on any atom is -0.493 e. The van der Waals surface area contributed by atoms with E-state index in [0.717, 1.165) is 28.9 Å². The van der Waals surface area contributed by atoms with Crippen LogP contribution in [0.3, 0.4) is 0 Å². The van der Waals surface area contributed by atoms with Gasteiger partial charge in [-0.2, -0.15) is 10.5 Å². The number of hydrogen-bond donors (Lipinski definition) is 0. The summed E-state index contributed by atoms with van der Waals surface area (Å²) in [5, 5.41) is 17.5. The van der Waals surface area contributed by atoms with Crippen LogP contribution in [0.4, 0.5) is 0 Å². The van der Waals surface area contributed by atoms with Crippen molar-refractivity contribution in [3.05, 3.63) is 34.4 Å². The summed E-state index contributed by atoms with van der Waals surface area (Å²) < 4.78 is 5.68. The molecule has 0 N–H and O–H groups in total. The summed E-state index contributed by atoms with van der Waals surface area (Å²) in [6.07, 6.45) is 2.55. The summed E-state index contributed by atoms with van der Waals surface area (Å²) in [7, 11) is 0. The van der Waals surface area contributed by atoms with Gasteiger partial charge < -0.3 is 4.74 Å². The van der Waals surface area contributed by atoms with E-state index in [-0.39, 0.29) is 5.57 Å². The molecule has 0 aliphatic carbocycles. The Kier molecular flexibility index (Phi) is 4.96. The van der Waals surface area contributed by atoms with Crippen molar-refractivity contribution in [2.45, 2.75) is 27.2 Å². The second-order valence-corrected chi connectivity index (χ2v) is 4.11. The molecule has 3 nitrogen and oxygen atoms in total. The second kappa shape index (κ2) is 6.47. The molecular formula is C15H16N2O. The summed E-state index contributed by atoms with van der Waals surface area (Å²) in [5.74, 6) is 0.893. The second-order valence-electron chi connectivity index (χ2n) is 4.11. The molecule has 0 amide bonds. The Morgan fingerprint density at radius 1 is 1.22 bits per heavy atom. The Balaban J connectivity index is 3.12. The van der Waals surface area contributed by atoms with Gasteiger partial charge in [-0.15, -0.1) is 0 Å². The van der Waals surface area contributed by atoms with Crippen molar-refractivity contribution >= 4 is 6.08 Å². The summed E-state index contributed by atoms with van der Waals surface area (Å²) in [6, 6.07) is 7.56. The zero-order valence-electron chi connectivity index (χ0n) is 10.9. The molecule has 1 rings (SSSR count). The third kappa shape index (κ3) is 3.37. The number of nitrogens with zero attached hydrogens (tertiary/aromatic N) is 2. The Bertz CT molecular complexity index is 506. The number of hydrogen-bond acceptors (Lipinski definition) is 3. The van der Waals surface area contributed by atoms with E-state index in [4.69, 9.17) is 15.3 Å². The Morgan fingerprint density at radius 2 is 1.78 bits per heavy atom. The van der Waals surface area contributed by atoms with Crippen molar-refractivity contribution in [3.63, 3.8) is 0 Å². The number of ether oxygens (including phenoxy) is 1. The van der Waals surface area contributed by atoms with E-state index < -0.39 is 0 Å². The van der Waals surface area contributed by atoms with E-state index in [1.165, 1.54) is 0 Å². The smallest absolute Gasteiger partial charge is 0.130 e. The topological polar surface area (TPSA) is 56.8 Å². The molecule has 0 atom stereocenters. The predicted molar refractivity (Wildman–Crippen MR) is 70.9 cm³/mol. The first-order valence-electron chi connectivity index (χ1n) is 5.88. The maximum absolute atomic E-state index is 8.73. The summed E-state index contributed by atoms with van der Waals surface area (Å²) in [4.78, 5) is 0. The lowest BCUT2D eigenvalue weighted by atomic mass is 10.0. The van der Waals surface area contributed by atoms with Crippen LogP contribution in [0, 0.1) is 36.5 Å². The first kappa shape index (κ1) is 13.8. The van der Waals surface area contributed by atoms with E-state index in [1.807, 2.05) is 38.1 Å². The SMILES string of the molecule is CCCOc1c(C)cc(C=C(C#N)C#N)cc1C. The maximum Gasteiger partial charge on any atom is 0.130 e. The molecule has 0 heterocycles. The Hall–Kier alpha value is -2.26.